The third-order valence-corrected chi connectivity index (χ3v) is 2.76. The Hall–Kier alpha value is -0.300. The third-order valence-electron chi connectivity index (χ3n) is 2.76. The fourth-order valence-electron chi connectivity index (χ4n) is 1.84. The lowest BCUT2D eigenvalue weighted by molar-refractivity contribution is 0.0960. The molecular formula is C11H20O. The number of hydrogen-bond acceptors (Lipinski definition) is 1. The molecule has 0 amide bonds. The summed E-state index contributed by atoms with van der Waals surface area (Å²) in [5.41, 5.74) is 0.796. The molecule has 0 aliphatic heterocycles. The van der Waals surface area contributed by atoms with Gasteiger partial charge in [0.15, 0.2) is 0 Å². The summed E-state index contributed by atoms with van der Waals surface area (Å²) in [5.74, 6) is 0. The SMILES string of the molecule is CCCCCC1=CCC[C@]1(C)O. The van der Waals surface area contributed by atoms with E-state index < -0.39 is 5.60 Å². The zero-order valence-electron chi connectivity index (χ0n) is 8.27. The van der Waals surface area contributed by atoms with E-state index in [4.69, 9.17) is 0 Å². The van der Waals surface area contributed by atoms with E-state index in [-0.39, 0.29) is 0 Å². The Labute approximate surface area is 75.5 Å². The summed E-state index contributed by atoms with van der Waals surface area (Å²) in [4.78, 5) is 0. The van der Waals surface area contributed by atoms with E-state index in [1.807, 2.05) is 6.92 Å². The van der Waals surface area contributed by atoms with E-state index in [1.54, 1.807) is 0 Å². The third kappa shape index (κ3) is 2.34. The lowest BCUT2D eigenvalue weighted by Gasteiger charge is -2.20. The predicted molar refractivity (Wildman–Crippen MR) is 52.1 cm³/mol. The maximum Gasteiger partial charge on any atom is 0.0831 e. The average molecular weight is 168 g/mol. The molecule has 1 rings (SSSR count). The Balaban J connectivity index is 2.32. The van der Waals surface area contributed by atoms with Crippen molar-refractivity contribution in [1.82, 2.24) is 0 Å². The van der Waals surface area contributed by atoms with Crippen LogP contribution in [0, 0.1) is 0 Å². The van der Waals surface area contributed by atoms with Gasteiger partial charge >= 0.3 is 0 Å². The molecule has 0 heterocycles. The van der Waals surface area contributed by atoms with Crippen molar-refractivity contribution in [3.05, 3.63) is 11.6 Å². The van der Waals surface area contributed by atoms with Crippen molar-refractivity contribution in [3.63, 3.8) is 0 Å². The second-order valence-corrected chi connectivity index (χ2v) is 4.00. The molecule has 0 fully saturated rings. The number of allylic oxidation sites excluding steroid dienone is 1. The lowest BCUT2D eigenvalue weighted by Crippen LogP contribution is -2.22. The van der Waals surface area contributed by atoms with E-state index in [1.165, 1.54) is 24.8 Å². The summed E-state index contributed by atoms with van der Waals surface area (Å²) in [6.07, 6.45) is 9.08. The van der Waals surface area contributed by atoms with Gasteiger partial charge in [0, 0.05) is 0 Å². The maximum absolute atomic E-state index is 9.89. The smallest absolute Gasteiger partial charge is 0.0831 e. The zero-order valence-corrected chi connectivity index (χ0v) is 8.27. The van der Waals surface area contributed by atoms with Crippen LogP contribution >= 0.6 is 0 Å². The van der Waals surface area contributed by atoms with Gasteiger partial charge in [0.2, 0.25) is 0 Å². The minimum atomic E-state index is -0.478. The van der Waals surface area contributed by atoms with Crippen LogP contribution in [0.15, 0.2) is 11.6 Å². The minimum Gasteiger partial charge on any atom is -0.386 e. The van der Waals surface area contributed by atoms with Crippen LogP contribution in [-0.2, 0) is 0 Å². The van der Waals surface area contributed by atoms with Crippen LogP contribution < -0.4 is 0 Å². The molecule has 70 valence electrons. The molecule has 1 nitrogen and oxygen atoms in total. The van der Waals surface area contributed by atoms with Crippen LogP contribution in [0.4, 0.5) is 0 Å². The summed E-state index contributed by atoms with van der Waals surface area (Å²) < 4.78 is 0. The molecule has 1 aliphatic rings. The molecule has 0 saturated carbocycles. The van der Waals surface area contributed by atoms with Gasteiger partial charge in [0.25, 0.3) is 0 Å². The van der Waals surface area contributed by atoms with E-state index in [9.17, 15) is 5.11 Å². The summed E-state index contributed by atoms with van der Waals surface area (Å²) in [6.45, 7) is 4.15. The highest BCUT2D eigenvalue weighted by Gasteiger charge is 2.28. The summed E-state index contributed by atoms with van der Waals surface area (Å²) in [6, 6.07) is 0. The molecule has 1 N–H and O–H groups in total. The van der Waals surface area contributed by atoms with Gasteiger partial charge in [-0.3, -0.25) is 0 Å². The first kappa shape index (κ1) is 9.79. The Bertz CT molecular complexity index is 168. The molecule has 0 bridgehead atoms. The van der Waals surface area contributed by atoms with E-state index in [0.717, 1.165) is 19.3 Å². The first-order valence-electron chi connectivity index (χ1n) is 5.08. The quantitative estimate of drug-likeness (QED) is 0.505. The van der Waals surface area contributed by atoms with Gasteiger partial charge in [-0.1, -0.05) is 25.8 Å². The van der Waals surface area contributed by atoms with Crippen LogP contribution in [0.2, 0.25) is 0 Å². The fraction of sp³-hybridized carbons (Fsp3) is 0.818. The Kier molecular flexibility index (Phi) is 3.33. The first-order valence-corrected chi connectivity index (χ1v) is 5.08. The topological polar surface area (TPSA) is 20.2 Å². The molecule has 0 aromatic carbocycles. The number of unbranched alkanes of at least 4 members (excludes halogenated alkanes) is 2. The largest absolute Gasteiger partial charge is 0.386 e. The number of rotatable bonds is 4. The van der Waals surface area contributed by atoms with Crippen LogP contribution in [0.25, 0.3) is 0 Å². The Morgan fingerprint density at radius 1 is 1.50 bits per heavy atom. The van der Waals surface area contributed by atoms with Crippen LogP contribution in [0.1, 0.15) is 52.4 Å². The molecule has 1 atom stereocenters. The number of aliphatic hydroxyl groups is 1. The summed E-state index contributed by atoms with van der Waals surface area (Å²) >= 11 is 0. The van der Waals surface area contributed by atoms with Crippen molar-refractivity contribution in [2.75, 3.05) is 0 Å². The van der Waals surface area contributed by atoms with Gasteiger partial charge in [-0.25, -0.2) is 0 Å². The van der Waals surface area contributed by atoms with Crippen LogP contribution in [-0.4, -0.2) is 10.7 Å². The molecule has 1 aliphatic carbocycles. The monoisotopic (exact) mass is 168 g/mol. The van der Waals surface area contributed by atoms with Crippen LogP contribution in [0.3, 0.4) is 0 Å². The minimum absolute atomic E-state index is 0.478. The standard InChI is InChI=1S/C11H20O/c1-3-4-5-7-10-8-6-9-11(10,2)12/h8,12H,3-7,9H2,1-2H3/t11-/m0/s1. The van der Waals surface area contributed by atoms with Crippen molar-refractivity contribution in [2.45, 2.75) is 58.0 Å². The van der Waals surface area contributed by atoms with Crippen molar-refractivity contribution in [1.29, 1.82) is 0 Å². The zero-order chi connectivity index (χ0) is 9.03. The Morgan fingerprint density at radius 3 is 2.75 bits per heavy atom. The van der Waals surface area contributed by atoms with E-state index in [2.05, 4.69) is 13.0 Å². The van der Waals surface area contributed by atoms with Crippen molar-refractivity contribution in [2.24, 2.45) is 0 Å². The second-order valence-electron chi connectivity index (χ2n) is 4.00. The fourth-order valence-corrected chi connectivity index (χ4v) is 1.84. The molecular weight excluding hydrogens is 148 g/mol. The molecule has 12 heavy (non-hydrogen) atoms. The van der Waals surface area contributed by atoms with Gasteiger partial charge < -0.3 is 5.11 Å². The van der Waals surface area contributed by atoms with E-state index >= 15 is 0 Å². The van der Waals surface area contributed by atoms with Crippen molar-refractivity contribution < 1.29 is 5.11 Å². The van der Waals surface area contributed by atoms with Crippen molar-refractivity contribution in [3.8, 4) is 0 Å². The molecule has 0 saturated heterocycles. The van der Waals surface area contributed by atoms with Gasteiger partial charge in [-0.2, -0.15) is 0 Å². The van der Waals surface area contributed by atoms with Crippen LogP contribution in [0.5, 0.6) is 0 Å². The normalized spacial score (nSPS) is 29.1. The molecule has 0 radical (unpaired) electrons. The molecule has 1 heteroatoms. The summed E-state index contributed by atoms with van der Waals surface area (Å²) in [7, 11) is 0. The first-order chi connectivity index (χ1) is 5.67. The van der Waals surface area contributed by atoms with Gasteiger partial charge in [0.1, 0.15) is 0 Å². The highest BCUT2D eigenvalue weighted by atomic mass is 16.3. The molecule has 0 unspecified atom stereocenters. The Morgan fingerprint density at radius 2 is 2.25 bits per heavy atom. The van der Waals surface area contributed by atoms with Crippen molar-refractivity contribution >= 4 is 0 Å². The predicted octanol–water partition coefficient (Wildman–Crippen LogP) is 3.04. The lowest BCUT2D eigenvalue weighted by atomic mass is 9.94. The highest BCUT2D eigenvalue weighted by Crippen LogP contribution is 2.32. The second kappa shape index (κ2) is 4.08. The number of hydrogen-bond donors (Lipinski definition) is 1. The van der Waals surface area contributed by atoms with Gasteiger partial charge in [0.05, 0.1) is 5.60 Å². The van der Waals surface area contributed by atoms with E-state index in [0.29, 0.717) is 0 Å². The average Bonchev–Trinajstić information content (AvgIpc) is 2.32. The van der Waals surface area contributed by atoms with Gasteiger partial charge in [-0.15, -0.1) is 0 Å². The molecule has 0 spiro atoms. The highest BCUT2D eigenvalue weighted by molar-refractivity contribution is 5.20. The molecule has 0 aromatic heterocycles. The van der Waals surface area contributed by atoms with Gasteiger partial charge in [-0.05, 0) is 38.2 Å². The molecule has 0 aromatic rings. The summed E-state index contributed by atoms with van der Waals surface area (Å²) in [5, 5.41) is 9.89. The maximum atomic E-state index is 9.89.